The molecule has 0 saturated heterocycles. The number of nitrogens with zero attached hydrogens (tertiary/aromatic N) is 2. The normalized spacial score (nSPS) is 11.5. The van der Waals surface area contributed by atoms with Crippen molar-refractivity contribution in [2.75, 3.05) is 27.2 Å². The third-order valence-electron chi connectivity index (χ3n) is 2.78. The molecule has 0 unspecified atom stereocenters. The van der Waals surface area contributed by atoms with Crippen LogP contribution in [0, 0.1) is 11.3 Å². The first-order valence-corrected chi connectivity index (χ1v) is 7.68. The van der Waals surface area contributed by atoms with Crippen molar-refractivity contribution in [3.8, 4) is 6.07 Å². The first-order valence-electron chi connectivity index (χ1n) is 6.07. The van der Waals surface area contributed by atoms with Crippen LogP contribution in [0.2, 0.25) is 0 Å². The third-order valence-corrected chi connectivity index (χ3v) is 4.61. The standard InChI is InChI=1S/C13H19N3O2S/c1-15-7-4-8-16(2)19(17,18)11-13-6-3-5-12(9-13)10-14/h3,5-6,9,15H,4,7-8,11H2,1-2H3. The van der Waals surface area contributed by atoms with Crippen LogP contribution >= 0.6 is 0 Å². The van der Waals surface area contributed by atoms with Crippen molar-refractivity contribution < 1.29 is 8.42 Å². The molecule has 1 rings (SSSR count). The van der Waals surface area contributed by atoms with Crippen LogP contribution in [-0.2, 0) is 15.8 Å². The molecule has 0 saturated carbocycles. The Bertz CT molecular complexity index is 549. The molecule has 19 heavy (non-hydrogen) atoms. The predicted molar refractivity (Wildman–Crippen MR) is 75.0 cm³/mol. The van der Waals surface area contributed by atoms with Gasteiger partial charge in [-0.25, -0.2) is 12.7 Å². The van der Waals surface area contributed by atoms with Gasteiger partial charge in [0.1, 0.15) is 0 Å². The minimum atomic E-state index is -3.32. The minimum Gasteiger partial charge on any atom is -0.320 e. The molecule has 1 aromatic carbocycles. The van der Waals surface area contributed by atoms with Crippen LogP contribution in [0.15, 0.2) is 24.3 Å². The summed E-state index contributed by atoms with van der Waals surface area (Å²) >= 11 is 0. The molecule has 0 aliphatic rings. The molecule has 0 bridgehead atoms. The summed E-state index contributed by atoms with van der Waals surface area (Å²) in [5, 5.41) is 11.8. The summed E-state index contributed by atoms with van der Waals surface area (Å²) in [6.45, 7) is 1.27. The molecule has 5 nitrogen and oxygen atoms in total. The molecule has 0 aromatic heterocycles. The second-order valence-electron chi connectivity index (χ2n) is 4.35. The lowest BCUT2D eigenvalue weighted by Gasteiger charge is -2.17. The maximum absolute atomic E-state index is 12.1. The average molecular weight is 281 g/mol. The monoisotopic (exact) mass is 281 g/mol. The van der Waals surface area contributed by atoms with Gasteiger partial charge in [0.2, 0.25) is 10.0 Å². The Morgan fingerprint density at radius 1 is 1.42 bits per heavy atom. The molecule has 0 amide bonds. The largest absolute Gasteiger partial charge is 0.320 e. The fourth-order valence-corrected chi connectivity index (χ4v) is 2.90. The number of nitriles is 1. The Kier molecular flexibility index (Phi) is 5.96. The number of benzene rings is 1. The Labute approximate surface area is 114 Å². The fraction of sp³-hybridized carbons (Fsp3) is 0.462. The number of hydrogen-bond donors (Lipinski definition) is 1. The van der Waals surface area contributed by atoms with Crippen molar-refractivity contribution in [2.45, 2.75) is 12.2 Å². The highest BCUT2D eigenvalue weighted by Crippen LogP contribution is 2.11. The molecule has 6 heteroatoms. The Hall–Kier alpha value is -1.42. The highest BCUT2D eigenvalue weighted by Gasteiger charge is 2.18. The summed E-state index contributed by atoms with van der Waals surface area (Å²) in [5.74, 6) is -0.0709. The van der Waals surface area contributed by atoms with E-state index in [1.54, 1.807) is 31.3 Å². The molecule has 0 atom stereocenters. The zero-order valence-electron chi connectivity index (χ0n) is 11.3. The van der Waals surface area contributed by atoms with Crippen molar-refractivity contribution in [3.63, 3.8) is 0 Å². The maximum atomic E-state index is 12.1. The van der Waals surface area contributed by atoms with Crippen LogP contribution in [0.25, 0.3) is 0 Å². The Morgan fingerprint density at radius 2 is 2.16 bits per heavy atom. The quantitative estimate of drug-likeness (QED) is 0.755. The van der Waals surface area contributed by atoms with E-state index in [0.29, 0.717) is 17.7 Å². The van der Waals surface area contributed by atoms with Gasteiger partial charge in [-0.1, -0.05) is 12.1 Å². The third kappa shape index (κ3) is 4.99. The summed E-state index contributed by atoms with van der Waals surface area (Å²) in [7, 11) is 0.0951. The van der Waals surface area contributed by atoms with Crippen molar-refractivity contribution in [2.24, 2.45) is 0 Å². The van der Waals surface area contributed by atoms with Crippen LogP contribution in [0.4, 0.5) is 0 Å². The van der Waals surface area contributed by atoms with Crippen LogP contribution < -0.4 is 5.32 Å². The van der Waals surface area contributed by atoms with Crippen molar-refractivity contribution in [1.82, 2.24) is 9.62 Å². The van der Waals surface area contributed by atoms with Crippen LogP contribution in [0.1, 0.15) is 17.5 Å². The second kappa shape index (κ2) is 7.24. The molecular weight excluding hydrogens is 262 g/mol. The van der Waals surface area contributed by atoms with E-state index in [0.717, 1.165) is 13.0 Å². The van der Waals surface area contributed by atoms with Gasteiger partial charge in [0.05, 0.1) is 17.4 Å². The number of sulfonamides is 1. The maximum Gasteiger partial charge on any atom is 0.218 e. The van der Waals surface area contributed by atoms with Gasteiger partial charge in [0.25, 0.3) is 0 Å². The molecule has 0 spiro atoms. The first kappa shape index (κ1) is 15.6. The van der Waals surface area contributed by atoms with Gasteiger partial charge in [-0.2, -0.15) is 5.26 Å². The summed E-state index contributed by atoms with van der Waals surface area (Å²) in [5.41, 5.74) is 1.12. The van der Waals surface area contributed by atoms with Gasteiger partial charge in [-0.05, 0) is 37.7 Å². The van der Waals surface area contributed by atoms with Crippen LogP contribution in [0.5, 0.6) is 0 Å². The molecule has 0 heterocycles. The lowest BCUT2D eigenvalue weighted by molar-refractivity contribution is 0.457. The predicted octanol–water partition coefficient (Wildman–Crippen LogP) is 0.929. The van der Waals surface area contributed by atoms with E-state index in [9.17, 15) is 8.42 Å². The molecular formula is C13H19N3O2S. The summed E-state index contributed by atoms with van der Waals surface area (Å²) < 4.78 is 25.6. The molecule has 0 aliphatic heterocycles. The lowest BCUT2D eigenvalue weighted by atomic mass is 10.2. The van der Waals surface area contributed by atoms with E-state index in [4.69, 9.17) is 5.26 Å². The Balaban J connectivity index is 2.70. The zero-order chi connectivity index (χ0) is 14.3. The topological polar surface area (TPSA) is 73.2 Å². The van der Waals surface area contributed by atoms with Crippen LogP contribution in [0.3, 0.4) is 0 Å². The van der Waals surface area contributed by atoms with Gasteiger partial charge < -0.3 is 5.32 Å². The number of nitrogens with one attached hydrogen (secondary N) is 1. The van der Waals surface area contributed by atoms with Crippen molar-refractivity contribution >= 4 is 10.0 Å². The smallest absolute Gasteiger partial charge is 0.218 e. The van der Waals surface area contributed by atoms with E-state index >= 15 is 0 Å². The van der Waals surface area contributed by atoms with Gasteiger partial charge in [-0.15, -0.1) is 0 Å². The molecule has 0 radical (unpaired) electrons. The molecule has 104 valence electrons. The van der Waals surface area contributed by atoms with E-state index in [1.807, 2.05) is 13.1 Å². The van der Waals surface area contributed by atoms with Gasteiger partial charge in [-0.3, -0.25) is 0 Å². The van der Waals surface area contributed by atoms with Gasteiger partial charge in [0, 0.05) is 13.6 Å². The van der Waals surface area contributed by atoms with Crippen LogP contribution in [-0.4, -0.2) is 39.9 Å². The molecule has 0 fully saturated rings. The molecule has 1 aromatic rings. The van der Waals surface area contributed by atoms with E-state index < -0.39 is 10.0 Å². The second-order valence-corrected chi connectivity index (χ2v) is 6.42. The summed E-state index contributed by atoms with van der Waals surface area (Å²) in [6, 6.07) is 8.70. The highest BCUT2D eigenvalue weighted by atomic mass is 32.2. The summed E-state index contributed by atoms with van der Waals surface area (Å²) in [4.78, 5) is 0. The number of hydrogen-bond acceptors (Lipinski definition) is 4. The minimum absolute atomic E-state index is 0.0709. The first-order chi connectivity index (χ1) is 8.99. The Morgan fingerprint density at radius 3 is 2.79 bits per heavy atom. The molecule has 1 N–H and O–H groups in total. The van der Waals surface area contributed by atoms with E-state index in [-0.39, 0.29) is 5.75 Å². The highest BCUT2D eigenvalue weighted by molar-refractivity contribution is 7.88. The zero-order valence-corrected chi connectivity index (χ0v) is 12.1. The lowest BCUT2D eigenvalue weighted by Crippen LogP contribution is -2.30. The molecule has 0 aliphatic carbocycles. The SMILES string of the molecule is CNCCCN(C)S(=O)(=O)Cc1cccc(C#N)c1. The van der Waals surface area contributed by atoms with Crippen molar-refractivity contribution in [1.29, 1.82) is 5.26 Å². The van der Waals surface area contributed by atoms with Gasteiger partial charge in [0.15, 0.2) is 0 Å². The summed E-state index contributed by atoms with van der Waals surface area (Å²) in [6.07, 6.45) is 0.768. The average Bonchev–Trinajstić information content (AvgIpc) is 2.38. The fourth-order valence-electron chi connectivity index (χ4n) is 1.67. The number of rotatable bonds is 7. The van der Waals surface area contributed by atoms with E-state index in [2.05, 4.69) is 5.32 Å². The van der Waals surface area contributed by atoms with Crippen molar-refractivity contribution in [3.05, 3.63) is 35.4 Å². The van der Waals surface area contributed by atoms with Gasteiger partial charge >= 0.3 is 0 Å². The van der Waals surface area contributed by atoms with E-state index in [1.165, 1.54) is 4.31 Å².